The Labute approximate surface area is 151 Å². The Morgan fingerprint density at radius 1 is 1.36 bits per heavy atom. The second-order valence-corrected chi connectivity index (χ2v) is 6.61. The van der Waals surface area contributed by atoms with Crippen LogP contribution in [-0.4, -0.2) is 22.4 Å². The van der Waals surface area contributed by atoms with Gasteiger partial charge in [0.1, 0.15) is 5.75 Å². The minimum absolute atomic E-state index is 0.0415. The number of aromatic nitrogens is 1. The highest BCUT2D eigenvalue weighted by Gasteiger charge is 2.11. The number of hydrogen-bond acceptors (Lipinski definition) is 6. The molecule has 3 aromatic rings. The van der Waals surface area contributed by atoms with Crippen LogP contribution in [0.1, 0.15) is 5.56 Å². The Morgan fingerprint density at radius 2 is 2.08 bits per heavy atom. The summed E-state index contributed by atoms with van der Waals surface area (Å²) in [6, 6.07) is 9.17. The minimum atomic E-state index is -0.502. The molecule has 3 rings (SSSR count). The van der Waals surface area contributed by atoms with Crippen molar-refractivity contribution in [2.24, 2.45) is 0 Å². The lowest BCUT2D eigenvalue weighted by molar-refractivity contribution is -0.384. The molecule has 0 aliphatic heterocycles. The predicted molar refractivity (Wildman–Crippen MR) is 96.6 cm³/mol. The number of halogens is 1. The van der Waals surface area contributed by atoms with E-state index in [1.165, 1.54) is 35.6 Å². The Kier molecular flexibility index (Phi) is 4.82. The van der Waals surface area contributed by atoms with Crippen LogP contribution >= 0.6 is 22.9 Å². The van der Waals surface area contributed by atoms with Crippen molar-refractivity contribution in [1.82, 2.24) is 4.98 Å². The number of nitrogens with one attached hydrogen (secondary N) is 1. The molecule has 0 atom stereocenters. The molecule has 2 aromatic carbocycles. The third-order valence-electron chi connectivity index (χ3n) is 3.33. The normalized spacial score (nSPS) is 10.6. The molecule has 0 saturated carbocycles. The van der Waals surface area contributed by atoms with Crippen molar-refractivity contribution in [3.8, 4) is 5.75 Å². The standard InChI is InChI=1S/C16H12ClN3O4S/c1-9-6-14-13(7-12(9)17)18-16(25-14)19-15(21)8-24-11-4-2-10(3-5-11)20(22)23/h2-7H,8H2,1H3,(H,18,19,21). The van der Waals surface area contributed by atoms with Crippen LogP contribution in [0, 0.1) is 17.0 Å². The van der Waals surface area contributed by atoms with Gasteiger partial charge < -0.3 is 4.74 Å². The minimum Gasteiger partial charge on any atom is -0.484 e. The highest BCUT2D eigenvalue weighted by atomic mass is 35.5. The van der Waals surface area contributed by atoms with Gasteiger partial charge >= 0.3 is 0 Å². The van der Waals surface area contributed by atoms with Gasteiger partial charge in [-0.25, -0.2) is 4.98 Å². The summed E-state index contributed by atoms with van der Waals surface area (Å²) < 4.78 is 6.23. The van der Waals surface area contributed by atoms with E-state index in [9.17, 15) is 14.9 Å². The topological polar surface area (TPSA) is 94.4 Å². The number of fused-ring (bicyclic) bond motifs is 1. The SMILES string of the molecule is Cc1cc2sc(NC(=O)COc3ccc([N+](=O)[O-])cc3)nc2cc1Cl. The molecular weight excluding hydrogens is 366 g/mol. The van der Waals surface area contributed by atoms with Gasteiger partial charge in [0.05, 0.1) is 15.1 Å². The predicted octanol–water partition coefficient (Wildman–Crippen LogP) is 4.18. The fourth-order valence-corrected chi connectivity index (χ4v) is 3.19. The zero-order valence-corrected chi connectivity index (χ0v) is 14.6. The Hall–Kier alpha value is -2.71. The molecule has 0 radical (unpaired) electrons. The van der Waals surface area contributed by atoms with E-state index in [2.05, 4.69) is 10.3 Å². The first kappa shape index (κ1) is 17.1. The number of aryl methyl sites for hydroxylation is 1. The molecule has 0 spiro atoms. The fourth-order valence-electron chi connectivity index (χ4n) is 2.07. The second kappa shape index (κ2) is 7.04. The van der Waals surface area contributed by atoms with E-state index < -0.39 is 4.92 Å². The number of nitrogens with zero attached hydrogens (tertiary/aromatic N) is 2. The first-order valence-electron chi connectivity index (χ1n) is 7.16. The number of anilines is 1. The average Bonchev–Trinajstić information content (AvgIpc) is 2.94. The van der Waals surface area contributed by atoms with E-state index in [-0.39, 0.29) is 18.2 Å². The van der Waals surface area contributed by atoms with Crippen molar-refractivity contribution in [3.05, 3.63) is 57.1 Å². The van der Waals surface area contributed by atoms with Crippen molar-refractivity contribution in [3.63, 3.8) is 0 Å². The molecule has 0 fully saturated rings. The van der Waals surface area contributed by atoms with Crippen molar-refractivity contribution in [2.75, 3.05) is 11.9 Å². The molecular formula is C16H12ClN3O4S. The van der Waals surface area contributed by atoms with Gasteiger partial charge in [-0.3, -0.25) is 20.2 Å². The van der Waals surface area contributed by atoms with Crippen LogP contribution in [0.4, 0.5) is 10.8 Å². The van der Waals surface area contributed by atoms with Gasteiger partial charge in [0.15, 0.2) is 11.7 Å². The monoisotopic (exact) mass is 377 g/mol. The summed E-state index contributed by atoms with van der Waals surface area (Å²) in [5.41, 5.74) is 1.62. The third kappa shape index (κ3) is 4.04. The molecule has 25 heavy (non-hydrogen) atoms. The van der Waals surface area contributed by atoms with E-state index in [0.29, 0.717) is 21.4 Å². The first-order chi connectivity index (χ1) is 11.9. The number of nitro benzene ring substituents is 1. The van der Waals surface area contributed by atoms with E-state index in [0.717, 1.165) is 10.3 Å². The lowest BCUT2D eigenvalue weighted by Crippen LogP contribution is -2.19. The maximum atomic E-state index is 12.0. The van der Waals surface area contributed by atoms with E-state index in [4.69, 9.17) is 16.3 Å². The van der Waals surface area contributed by atoms with Crippen molar-refractivity contribution >= 4 is 49.9 Å². The van der Waals surface area contributed by atoms with Crippen LogP contribution in [0.2, 0.25) is 5.02 Å². The molecule has 9 heteroatoms. The van der Waals surface area contributed by atoms with Crippen LogP contribution in [0.25, 0.3) is 10.2 Å². The number of rotatable bonds is 5. The number of hydrogen-bond donors (Lipinski definition) is 1. The molecule has 0 bridgehead atoms. The highest BCUT2D eigenvalue weighted by Crippen LogP contribution is 2.30. The average molecular weight is 378 g/mol. The van der Waals surface area contributed by atoms with Crippen LogP contribution in [0.3, 0.4) is 0 Å². The third-order valence-corrected chi connectivity index (χ3v) is 4.67. The molecule has 1 amide bonds. The molecule has 0 unspecified atom stereocenters. The van der Waals surface area contributed by atoms with Gasteiger partial charge in [-0.2, -0.15) is 0 Å². The number of amides is 1. The zero-order chi connectivity index (χ0) is 18.0. The number of non-ortho nitro benzene ring substituents is 1. The van der Waals surface area contributed by atoms with Gasteiger partial charge in [-0.1, -0.05) is 22.9 Å². The smallest absolute Gasteiger partial charge is 0.269 e. The largest absolute Gasteiger partial charge is 0.484 e. The van der Waals surface area contributed by atoms with E-state index >= 15 is 0 Å². The van der Waals surface area contributed by atoms with Crippen LogP contribution in [-0.2, 0) is 4.79 Å². The van der Waals surface area contributed by atoms with Crippen LogP contribution in [0.5, 0.6) is 5.75 Å². The van der Waals surface area contributed by atoms with Crippen molar-refractivity contribution < 1.29 is 14.5 Å². The number of carbonyl (C=O) groups excluding carboxylic acids is 1. The fraction of sp³-hybridized carbons (Fsp3) is 0.125. The number of thiazole rings is 1. The highest BCUT2D eigenvalue weighted by molar-refractivity contribution is 7.22. The summed E-state index contributed by atoms with van der Waals surface area (Å²) in [7, 11) is 0. The maximum absolute atomic E-state index is 12.0. The maximum Gasteiger partial charge on any atom is 0.269 e. The summed E-state index contributed by atoms with van der Waals surface area (Å²) in [5.74, 6) is -0.00677. The summed E-state index contributed by atoms with van der Waals surface area (Å²) in [5, 5.41) is 14.3. The molecule has 1 aromatic heterocycles. The van der Waals surface area contributed by atoms with Crippen LogP contribution in [0.15, 0.2) is 36.4 Å². The zero-order valence-electron chi connectivity index (χ0n) is 13.0. The number of benzene rings is 2. The molecule has 7 nitrogen and oxygen atoms in total. The molecule has 0 aliphatic rings. The van der Waals surface area contributed by atoms with Crippen molar-refractivity contribution in [2.45, 2.75) is 6.92 Å². The second-order valence-electron chi connectivity index (χ2n) is 5.18. The molecule has 128 valence electrons. The molecule has 1 N–H and O–H groups in total. The Morgan fingerprint density at radius 3 is 2.76 bits per heavy atom. The van der Waals surface area contributed by atoms with E-state index in [1.807, 2.05) is 13.0 Å². The summed E-state index contributed by atoms with van der Waals surface area (Å²) >= 11 is 7.41. The molecule has 1 heterocycles. The van der Waals surface area contributed by atoms with Gasteiger partial charge in [-0.05, 0) is 36.8 Å². The first-order valence-corrected chi connectivity index (χ1v) is 8.35. The van der Waals surface area contributed by atoms with E-state index in [1.54, 1.807) is 6.07 Å². The number of carbonyl (C=O) groups is 1. The van der Waals surface area contributed by atoms with Gasteiger partial charge in [-0.15, -0.1) is 0 Å². The van der Waals surface area contributed by atoms with Gasteiger partial charge in [0.2, 0.25) is 0 Å². The lowest BCUT2D eigenvalue weighted by atomic mass is 10.2. The summed E-state index contributed by atoms with van der Waals surface area (Å²) in [6.07, 6.45) is 0. The van der Waals surface area contributed by atoms with Crippen molar-refractivity contribution in [1.29, 1.82) is 0 Å². The quantitative estimate of drug-likeness (QED) is 0.531. The number of ether oxygens (including phenoxy) is 1. The summed E-state index contributed by atoms with van der Waals surface area (Å²) in [6.45, 7) is 1.67. The molecule has 0 saturated heterocycles. The number of nitro groups is 1. The molecule has 0 aliphatic carbocycles. The summed E-state index contributed by atoms with van der Waals surface area (Å²) in [4.78, 5) is 26.4. The Balaban J connectivity index is 1.61. The lowest BCUT2D eigenvalue weighted by Gasteiger charge is -2.05. The van der Waals surface area contributed by atoms with Gasteiger partial charge in [0.25, 0.3) is 11.6 Å². The van der Waals surface area contributed by atoms with Gasteiger partial charge in [0, 0.05) is 17.2 Å². The van der Waals surface area contributed by atoms with Crippen LogP contribution < -0.4 is 10.1 Å². The Bertz CT molecular complexity index is 917.